The van der Waals surface area contributed by atoms with Crippen molar-refractivity contribution in [3.05, 3.63) is 76.3 Å². The summed E-state index contributed by atoms with van der Waals surface area (Å²) in [6.07, 6.45) is 2.08. The maximum Gasteiger partial charge on any atom is 0.245 e. The van der Waals surface area contributed by atoms with Crippen LogP contribution in [0.15, 0.2) is 40.8 Å². The zero-order chi connectivity index (χ0) is 22.4. The fourth-order valence-electron chi connectivity index (χ4n) is 3.74. The number of carbonyl (C=O) groups is 1. The Hall–Kier alpha value is -3.31. The van der Waals surface area contributed by atoms with Gasteiger partial charge < -0.3 is 9.32 Å². The number of halogens is 2. The first-order valence-corrected chi connectivity index (χ1v) is 11.1. The maximum absolute atomic E-state index is 14.2. The highest BCUT2D eigenvalue weighted by atomic mass is 79.9. The molecule has 3 aromatic rings. The minimum absolute atomic E-state index is 0.0256. The molecule has 1 aromatic heterocycles. The predicted molar refractivity (Wildman–Crippen MR) is 120 cm³/mol. The molecule has 32 heavy (non-hydrogen) atoms. The molecule has 0 radical (unpaired) electrons. The summed E-state index contributed by atoms with van der Waals surface area (Å²) in [5, 5.41) is 17.8. The van der Waals surface area contributed by atoms with Crippen LogP contribution < -0.4 is 4.90 Å². The van der Waals surface area contributed by atoms with Crippen LogP contribution in [0.1, 0.15) is 59.2 Å². The Morgan fingerprint density at radius 3 is 2.78 bits per heavy atom. The highest BCUT2D eigenvalue weighted by Gasteiger charge is 2.33. The average molecular weight is 493 g/mol. The van der Waals surface area contributed by atoms with Crippen LogP contribution in [-0.4, -0.2) is 16.1 Å². The Morgan fingerprint density at radius 1 is 1.25 bits per heavy atom. The number of nitriles is 1. The SMILES string of the molecule is Cc1ccc(CN2C(=O)CC(c3nnc(C4CC4)o3)=C(Br)c3ccc(C#N)cc32)cc1F. The molecule has 160 valence electrons. The number of anilines is 1. The lowest BCUT2D eigenvalue weighted by Gasteiger charge is -2.24. The molecule has 2 heterocycles. The number of aryl methyl sites for hydroxylation is 1. The summed E-state index contributed by atoms with van der Waals surface area (Å²) < 4.78 is 20.7. The topological polar surface area (TPSA) is 83.0 Å². The van der Waals surface area contributed by atoms with E-state index in [1.165, 1.54) is 6.07 Å². The summed E-state index contributed by atoms with van der Waals surface area (Å²) in [4.78, 5) is 15.0. The van der Waals surface area contributed by atoms with E-state index in [0.717, 1.165) is 18.4 Å². The van der Waals surface area contributed by atoms with Crippen molar-refractivity contribution in [2.24, 2.45) is 0 Å². The van der Waals surface area contributed by atoms with Crippen molar-refractivity contribution in [3.63, 3.8) is 0 Å². The number of nitrogens with zero attached hydrogens (tertiary/aromatic N) is 4. The average Bonchev–Trinajstić information content (AvgIpc) is 3.55. The molecule has 0 spiro atoms. The van der Waals surface area contributed by atoms with Crippen molar-refractivity contribution in [1.82, 2.24) is 10.2 Å². The number of fused-ring (bicyclic) bond motifs is 1. The van der Waals surface area contributed by atoms with Gasteiger partial charge in [-0.2, -0.15) is 5.26 Å². The Kier molecular flexibility index (Phi) is 5.14. The van der Waals surface area contributed by atoms with Crippen LogP contribution in [0.5, 0.6) is 0 Å². The second-order valence-electron chi connectivity index (χ2n) is 8.10. The van der Waals surface area contributed by atoms with E-state index in [-0.39, 0.29) is 24.7 Å². The molecular formula is C24H18BrFN4O2. The zero-order valence-electron chi connectivity index (χ0n) is 17.2. The molecule has 0 bridgehead atoms. The van der Waals surface area contributed by atoms with Crippen LogP contribution in [0.25, 0.3) is 10.1 Å². The van der Waals surface area contributed by atoms with Gasteiger partial charge in [0.2, 0.25) is 17.7 Å². The Balaban J connectivity index is 1.59. The van der Waals surface area contributed by atoms with E-state index in [0.29, 0.717) is 50.1 Å². The number of rotatable bonds is 4. The zero-order valence-corrected chi connectivity index (χ0v) is 18.8. The predicted octanol–water partition coefficient (Wildman–Crippen LogP) is 5.47. The van der Waals surface area contributed by atoms with Crippen LogP contribution in [0.4, 0.5) is 10.1 Å². The van der Waals surface area contributed by atoms with Crippen molar-refractivity contribution in [3.8, 4) is 6.07 Å². The number of hydrogen-bond donors (Lipinski definition) is 0. The third-order valence-electron chi connectivity index (χ3n) is 5.75. The van der Waals surface area contributed by atoms with Gasteiger partial charge in [-0.15, -0.1) is 10.2 Å². The van der Waals surface area contributed by atoms with E-state index < -0.39 is 0 Å². The number of carbonyl (C=O) groups excluding carboxylic acids is 1. The van der Waals surface area contributed by atoms with Crippen molar-refractivity contribution < 1.29 is 13.6 Å². The van der Waals surface area contributed by atoms with Gasteiger partial charge in [-0.3, -0.25) is 4.79 Å². The number of hydrogen-bond acceptors (Lipinski definition) is 5. The highest BCUT2D eigenvalue weighted by molar-refractivity contribution is 9.15. The second kappa shape index (κ2) is 7.99. The number of aromatic nitrogens is 2. The molecule has 6 nitrogen and oxygen atoms in total. The minimum Gasteiger partial charge on any atom is -0.421 e. The molecule has 1 aliphatic carbocycles. The molecule has 0 atom stereocenters. The first-order chi connectivity index (χ1) is 15.4. The van der Waals surface area contributed by atoms with Gasteiger partial charge in [0.05, 0.1) is 30.3 Å². The molecule has 0 N–H and O–H groups in total. The van der Waals surface area contributed by atoms with Crippen LogP contribution in [0.2, 0.25) is 0 Å². The molecule has 1 amide bonds. The molecule has 8 heteroatoms. The second-order valence-corrected chi connectivity index (χ2v) is 8.89. The molecule has 0 unspecified atom stereocenters. The first-order valence-electron chi connectivity index (χ1n) is 10.3. The summed E-state index contributed by atoms with van der Waals surface area (Å²) in [6.45, 7) is 1.86. The molecule has 2 aliphatic rings. The number of benzene rings is 2. The Morgan fingerprint density at radius 2 is 2.06 bits per heavy atom. The van der Waals surface area contributed by atoms with Crippen molar-refractivity contribution in [2.75, 3.05) is 4.90 Å². The normalized spacial score (nSPS) is 16.1. The van der Waals surface area contributed by atoms with Crippen LogP contribution >= 0.6 is 15.9 Å². The molecule has 1 saturated carbocycles. The van der Waals surface area contributed by atoms with Gasteiger partial charge in [0.15, 0.2) is 0 Å². The van der Waals surface area contributed by atoms with Gasteiger partial charge in [0.25, 0.3) is 0 Å². The summed E-state index contributed by atoms with van der Waals surface area (Å²) in [6, 6.07) is 12.2. The molecule has 5 rings (SSSR count). The Labute approximate surface area is 192 Å². The van der Waals surface area contributed by atoms with Gasteiger partial charge in [-0.1, -0.05) is 18.2 Å². The molecule has 1 aliphatic heterocycles. The third-order valence-corrected chi connectivity index (χ3v) is 6.66. The van der Waals surface area contributed by atoms with E-state index in [2.05, 4.69) is 32.2 Å². The monoisotopic (exact) mass is 492 g/mol. The van der Waals surface area contributed by atoms with Gasteiger partial charge in [-0.05, 0) is 65.0 Å². The van der Waals surface area contributed by atoms with E-state index in [9.17, 15) is 14.4 Å². The number of amides is 1. The fraction of sp³-hybridized carbons (Fsp3) is 0.250. The molecule has 0 saturated heterocycles. The maximum atomic E-state index is 14.2. The summed E-state index contributed by atoms with van der Waals surface area (Å²) in [5.74, 6) is 0.671. The van der Waals surface area contributed by atoms with E-state index in [4.69, 9.17) is 4.42 Å². The van der Waals surface area contributed by atoms with E-state index in [1.54, 1.807) is 42.2 Å². The van der Waals surface area contributed by atoms with E-state index >= 15 is 0 Å². The third kappa shape index (κ3) is 3.73. The lowest BCUT2D eigenvalue weighted by atomic mass is 10.1. The largest absolute Gasteiger partial charge is 0.421 e. The first kappa shape index (κ1) is 20.6. The van der Waals surface area contributed by atoms with Crippen molar-refractivity contribution >= 4 is 37.6 Å². The van der Waals surface area contributed by atoms with Gasteiger partial charge in [0.1, 0.15) is 5.82 Å². The molecule has 1 fully saturated rings. The van der Waals surface area contributed by atoms with E-state index in [1.807, 2.05) is 0 Å². The van der Waals surface area contributed by atoms with Crippen LogP contribution in [0, 0.1) is 24.1 Å². The summed E-state index contributed by atoms with van der Waals surface area (Å²) >= 11 is 3.64. The van der Waals surface area contributed by atoms with Crippen molar-refractivity contribution in [1.29, 1.82) is 5.26 Å². The standard InChI is InChI=1S/C24H18BrFN4O2/c1-13-2-3-15(8-19(13)26)12-30-20-9-14(11-27)4-7-17(20)22(25)18(10-21(30)31)24-29-28-23(32-24)16-5-6-16/h2-4,7-9,16H,5-6,10,12H2,1H3. The summed E-state index contributed by atoms with van der Waals surface area (Å²) in [5.41, 5.74) is 3.51. The Bertz CT molecular complexity index is 1320. The van der Waals surface area contributed by atoms with Gasteiger partial charge >= 0.3 is 0 Å². The molecular weight excluding hydrogens is 475 g/mol. The van der Waals surface area contributed by atoms with Crippen LogP contribution in [0.3, 0.4) is 0 Å². The fourth-order valence-corrected chi connectivity index (χ4v) is 4.39. The quantitative estimate of drug-likeness (QED) is 0.482. The minimum atomic E-state index is -0.325. The van der Waals surface area contributed by atoms with Gasteiger partial charge in [0, 0.05) is 21.5 Å². The van der Waals surface area contributed by atoms with Gasteiger partial charge in [-0.25, -0.2) is 4.39 Å². The summed E-state index contributed by atoms with van der Waals surface area (Å²) in [7, 11) is 0. The lowest BCUT2D eigenvalue weighted by molar-refractivity contribution is -0.117. The van der Waals surface area contributed by atoms with Crippen LogP contribution in [-0.2, 0) is 11.3 Å². The molecule has 2 aromatic carbocycles. The smallest absolute Gasteiger partial charge is 0.245 e. The van der Waals surface area contributed by atoms with Crippen molar-refractivity contribution in [2.45, 2.75) is 38.6 Å². The lowest BCUT2D eigenvalue weighted by Crippen LogP contribution is -2.30. The highest BCUT2D eigenvalue weighted by Crippen LogP contribution is 2.44.